The molecule has 0 fully saturated rings. The van der Waals surface area contributed by atoms with Gasteiger partial charge in [0.1, 0.15) is 18.0 Å². The first-order valence-corrected chi connectivity index (χ1v) is 12.1. The van der Waals surface area contributed by atoms with Crippen molar-refractivity contribution in [3.63, 3.8) is 0 Å². The Balaban J connectivity index is 1.84. The predicted molar refractivity (Wildman–Crippen MR) is 128 cm³/mol. The van der Waals surface area contributed by atoms with Gasteiger partial charge in [0, 0.05) is 6.54 Å². The van der Waals surface area contributed by atoms with Gasteiger partial charge in [-0.2, -0.15) is 0 Å². The number of amides is 1. The summed E-state index contributed by atoms with van der Waals surface area (Å²) in [5.41, 5.74) is 1.08. The quantitative estimate of drug-likeness (QED) is 0.461. The van der Waals surface area contributed by atoms with E-state index in [4.69, 9.17) is 21.1 Å². The largest absolute Gasteiger partial charge is 0.495 e. The van der Waals surface area contributed by atoms with Gasteiger partial charge in [0.15, 0.2) is 0 Å². The standard InChI is InChI=1S/C24H25ClN2O5S/c1-3-32-20-9-7-8-18(14-20)16-26-24(28)17-27(19-12-13-23(31-2)22(25)15-19)33(29,30)21-10-5-4-6-11-21/h4-15H,3,16-17H2,1-2H3,(H,26,28). The number of sulfonamides is 1. The molecule has 0 unspecified atom stereocenters. The van der Waals surface area contributed by atoms with Crippen LogP contribution in [0.3, 0.4) is 0 Å². The van der Waals surface area contributed by atoms with Crippen molar-refractivity contribution in [1.29, 1.82) is 0 Å². The summed E-state index contributed by atoms with van der Waals surface area (Å²) in [6.07, 6.45) is 0. The second kappa shape index (κ2) is 11.1. The summed E-state index contributed by atoms with van der Waals surface area (Å²) >= 11 is 6.23. The zero-order valence-corrected chi connectivity index (χ0v) is 19.9. The highest BCUT2D eigenvalue weighted by Gasteiger charge is 2.27. The minimum absolute atomic E-state index is 0.0640. The Bertz CT molecular complexity index is 1200. The molecular weight excluding hydrogens is 464 g/mol. The maximum Gasteiger partial charge on any atom is 0.264 e. The minimum Gasteiger partial charge on any atom is -0.495 e. The van der Waals surface area contributed by atoms with Crippen LogP contribution in [0.2, 0.25) is 5.02 Å². The predicted octanol–water partition coefficient (Wildman–Crippen LogP) is 4.26. The van der Waals surface area contributed by atoms with Crippen LogP contribution in [0.5, 0.6) is 11.5 Å². The van der Waals surface area contributed by atoms with Crippen molar-refractivity contribution in [1.82, 2.24) is 5.32 Å². The molecule has 0 bridgehead atoms. The first kappa shape index (κ1) is 24.4. The molecule has 3 aromatic rings. The van der Waals surface area contributed by atoms with Crippen molar-refractivity contribution in [2.24, 2.45) is 0 Å². The molecule has 1 amide bonds. The van der Waals surface area contributed by atoms with E-state index in [9.17, 15) is 13.2 Å². The second-order valence-corrected chi connectivity index (χ2v) is 9.27. The van der Waals surface area contributed by atoms with E-state index in [1.165, 1.54) is 25.3 Å². The Labute approximate surface area is 198 Å². The van der Waals surface area contributed by atoms with Crippen molar-refractivity contribution in [2.45, 2.75) is 18.4 Å². The van der Waals surface area contributed by atoms with Crippen LogP contribution in [0.4, 0.5) is 5.69 Å². The third-order valence-corrected chi connectivity index (χ3v) is 6.82. The van der Waals surface area contributed by atoms with Crippen LogP contribution in [0.15, 0.2) is 77.7 Å². The zero-order chi connectivity index (χ0) is 23.8. The molecule has 3 aromatic carbocycles. The van der Waals surface area contributed by atoms with E-state index < -0.39 is 22.5 Å². The molecule has 0 saturated heterocycles. The monoisotopic (exact) mass is 488 g/mol. The topological polar surface area (TPSA) is 84.9 Å². The molecule has 33 heavy (non-hydrogen) atoms. The van der Waals surface area contributed by atoms with E-state index in [1.807, 2.05) is 31.2 Å². The number of nitrogens with one attached hydrogen (secondary N) is 1. The molecule has 174 valence electrons. The van der Waals surface area contributed by atoms with E-state index in [0.717, 1.165) is 9.87 Å². The van der Waals surface area contributed by atoms with Gasteiger partial charge in [-0.15, -0.1) is 0 Å². The van der Waals surface area contributed by atoms with Crippen molar-refractivity contribution in [3.8, 4) is 11.5 Å². The fraction of sp³-hybridized carbons (Fsp3) is 0.208. The molecule has 0 radical (unpaired) electrons. The van der Waals surface area contributed by atoms with Crippen LogP contribution in [0.25, 0.3) is 0 Å². The van der Waals surface area contributed by atoms with Crippen LogP contribution < -0.4 is 19.1 Å². The summed E-state index contributed by atoms with van der Waals surface area (Å²) in [7, 11) is -2.56. The van der Waals surface area contributed by atoms with Gasteiger partial charge in [0.2, 0.25) is 5.91 Å². The molecule has 0 saturated carbocycles. The molecule has 0 spiro atoms. The van der Waals surface area contributed by atoms with Gasteiger partial charge in [0.25, 0.3) is 10.0 Å². The lowest BCUT2D eigenvalue weighted by atomic mass is 10.2. The minimum atomic E-state index is -4.03. The maximum absolute atomic E-state index is 13.4. The number of rotatable bonds is 10. The normalized spacial score (nSPS) is 11.0. The first-order valence-electron chi connectivity index (χ1n) is 10.2. The summed E-state index contributed by atoms with van der Waals surface area (Å²) in [5.74, 6) is 0.629. The molecule has 9 heteroatoms. The van der Waals surface area contributed by atoms with Gasteiger partial charge in [0.05, 0.1) is 29.3 Å². The molecule has 0 aromatic heterocycles. The summed E-state index contributed by atoms with van der Waals surface area (Å²) < 4.78 is 38.4. The van der Waals surface area contributed by atoms with Crippen LogP contribution >= 0.6 is 11.6 Å². The van der Waals surface area contributed by atoms with Crippen molar-refractivity contribution in [2.75, 3.05) is 24.6 Å². The summed E-state index contributed by atoms with van der Waals surface area (Å²) in [6, 6.07) is 19.8. The maximum atomic E-state index is 13.4. The second-order valence-electron chi connectivity index (χ2n) is 7.00. The van der Waals surface area contributed by atoms with Gasteiger partial charge in [-0.05, 0) is 55.0 Å². The Morgan fingerprint density at radius 3 is 2.45 bits per heavy atom. The SMILES string of the molecule is CCOc1cccc(CNC(=O)CN(c2ccc(OC)c(Cl)c2)S(=O)(=O)c2ccccc2)c1. The fourth-order valence-electron chi connectivity index (χ4n) is 3.14. The third kappa shape index (κ3) is 6.18. The Morgan fingerprint density at radius 1 is 1.03 bits per heavy atom. The number of carbonyl (C=O) groups excluding carboxylic acids is 1. The Kier molecular flexibility index (Phi) is 8.19. The van der Waals surface area contributed by atoms with E-state index in [2.05, 4.69) is 5.32 Å². The number of anilines is 1. The number of carbonyl (C=O) groups is 1. The lowest BCUT2D eigenvalue weighted by molar-refractivity contribution is -0.119. The van der Waals surface area contributed by atoms with Crippen molar-refractivity contribution < 1.29 is 22.7 Å². The van der Waals surface area contributed by atoms with Crippen molar-refractivity contribution >= 4 is 33.2 Å². The molecule has 0 heterocycles. The van der Waals surface area contributed by atoms with Crippen LogP contribution in [-0.2, 0) is 21.4 Å². The Morgan fingerprint density at radius 2 is 1.79 bits per heavy atom. The van der Waals surface area contributed by atoms with E-state index in [1.54, 1.807) is 30.3 Å². The third-order valence-electron chi connectivity index (χ3n) is 4.74. The number of hydrogen-bond donors (Lipinski definition) is 1. The highest BCUT2D eigenvalue weighted by molar-refractivity contribution is 7.92. The number of nitrogens with zero attached hydrogens (tertiary/aromatic N) is 1. The number of benzene rings is 3. The van der Waals surface area contributed by atoms with Gasteiger partial charge in [-0.25, -0.2) is 8.42 Å². The van der Waals surface area contributed by atoms with Gasteiger partial charge in [-0.3, -0.25) is 9.10 Å². The smallest absolute Gasteiger partial charge is 0.264 e. The van der Waals surface area contributed by atoms with Crippen LogP contribution in [0.1, 0.15) is 12.5 Å². The van der Waals surface area contributed by atoms with E-state index in [-0.39, 0.29) is 22.2 Å². The van der Waals surface area contributed by atoms with Crippen LogP contribution in [-0.4, -0.2) is 34.6 Å². The highest BCUT2D eigenvalue weighted by Crippen LogP contribution is 2.31. The molecule has 3 rings (SSSR count). The van der Waals surface area contributed by atoms with Gasteiger partial charge >= 0.3 is 0 Å². The summed E-state index contributed by atoms with van der Waals surface area (Å²) in [4.78, 5) is 12.9. The molecule has 0 aliphatic rings. The lowest BCUT2D eigenvalue weighted by Crippen LogP contribution is -2.40. The number of methoxy groups -OCH3 is 1. The number of hydrogen-bond acceptors (Lipinski definition) is 5. The summed E-state index contributed by atoms with van der Waals surface area (Å²) in [6.45, 7) is 2.22. The highest BCUT2D eigenvalue weighted by atomic mass is 35.5. The molecule has 1 N–H and O–H groups in total. The van der Waals surface area contributed by atoms with Crippen molar-refractivity contribution in [3.05, 3.63) is 83.4 Å². The average molecular weight is 489 g/mol. The lowest BCUT2D eigenvalue weighted by Gasteiger charge is -2.24. The Hall–Kier alpha value is -3.23. The number of halogens is 1. The average Bonchev–Trinajstić information content (AvgIpc) is 2.82. The molecule has 7 nitrogen and oxygen atoms in total. The summed E-state index contributed by atoms with van der Waals surface area (Å²) in [5, 5.41) is 3.00. The van der Waals surface area contributed by atoms with E-state index in [0.29, 0.717) is 18.1 Å². The van der Waals surface area contributed by atoms with E-state index >= 15 is 0 Å². The molecular formula is C24H25ClN2O5S. The molecule has 0 aliphatic carbocycles. The zero-order valence-electron chi connectivity index (χ0n) is 18.3. The van der Waals surface area contributed by atoms with Crippen LogP contribution in [0, 0.1) is 0 Å². The molecule has 0 atom stereocenters. The van der Waals surface area contributed by atoms with Gasteiger partial charge < -0.3 is 14.8 Å². The number of ether oxygens (including phenoxy) is 2. The fourth-order valence-corrected chi connectivity index (χ4v) is 4.83. The van der Waals surface area contributed by atoms with Gasteiger partial charge in [-0.1, -0.05) is 41.9 Å². The first-order chi connectivity index (χ1) is 15.8. The molecule has 0 aliphatic heterocycles.